The van der Waals surface area contributed by atoms with Crippen molar-refractivity contribution >= 4 is 28.1 Å². The van der Waals surface area contributed by atoms with E-state index in [0.717, 1.165) is 15.7 Å². The van der Waals surface area contributed by atoms with Crippen LogP contribution in [0.5, 0.6) is 11.5 Å². The van der Waals surface area contributed by atoms with Crippen LogP contribution in [-0.2, 0) is 0 Å². The minimum atomic E-state index is 0.168. The van der Waals surface area contributed by atoms with Gasteiger partial charge in [0.05, 0.1) is 25.2 Å². The molecule has 1 aromatic heterocycles. The molecule has 22 heavy (non-hydrogen) atoms. The molecule has 0 radical (unpaired) electrons. The molecule has 0 aliphatic rings. The van der Waals surface area contributed by atoms with Gasteiger partial charge in [-0.05, 0) is 35.0 Å². The van der Waals surface area contributed by atoms with E-state index in [2.05, 4.69) is 31.9 Å². The van der Waals surface area contributed by atoms with E-state index < -0.39 is 0 Å². The predicted molar refractivity (Wildman–Crippen MR) is 89.4 cm³/mol. The van der Waals surface area contributed by atoms with Crippen molar-refractivity contribution in [1.82, 2.24) is 9.66 Å². The first-order valence-electron chi connectivity index (χ1n) is 6.34. The first kappa shape index (κ1) is 15.9. The molecule has 1 aromatic carbocycles. The van der Waals surface area contributed by atoms with Crippen molar-refractivity contribution in [2.24, 2.45) is 5.10 Å². The van der Waals surface area contributed by atoms with Crippen LogP contribution in [0.4, 0.5) is 5.95 Å². The Hall–Kier alpha value is -2.46. The lowest BCUT2D eigenvalue weighted by atomic mass is 10.2. The maximum absolute atomic E-state index is 5.74. The second-order valence-electron chi connectivity index (χ2n) is 4.35. The third-order valence-electron chi connectivity index (χ3n) is 2.75. The van der Waals surface area contributed by atoms with Gasteiger partial charge < -0.3 is 15.2 Å². The highest BCUT2D eigenvalue weighted by Crippen LogP contribution is 2.32. The molecular formula is C15H15BrN4O2. The summed E-state index contributed by atoms with van der Waals surface area (Å²) in [6.45, 7) is 2.01. The summed E-state index contributed by atoms with van der Waals surface area (Å²) in [5.74, 6) is 3.86. The lowest BCUT2D eigenvalue weighted by Gasteiger charge is -2.10. The Morgan fingerprint density at radius 1 is 1.50 bits per heavy atom. The fraction of sp³-hybridized carbons (Fsp3) is 0.200. The summed E-state index contributed by atoms with van der Waals surface area (Å²) in [7, 11) is 1.56. The van der Waals surface area contributed by atoms with Gasteiger partial charge in [-0.25, -0.2) is 9.66 Å². The highest BCUT2D eigenvalue weighted by Gasteiger charge is 2.09. The molecule has 2 rings (SSSR count). The molecule has 1 heterocycles. The van der Waals surface area contributed by atoms with Crippen molar-refractivity contribution in [2.45, 2.75) is 6.92 Å². The van der Waals surface area contributed by atoms with Crippen LogP contribution in [0.3, 0.4) is 0 Å². The standard InChI is InChI=1S/C15H15BrN4O2/c1-4-5-22-14-7-12(16)11(6-13(14)21-3)8-18-20-9-10(2)19-15(20)17/h1,6-9H,5H2,2-3H3,(H2,17,19). The number of anilines is 1. The van der Waals surface area contributed by atoms with Crippen LogP contribution in [-0.4, -0.2) is 29.6 Å². The normalized spacial score (nSPS) is 10.6. The average molecular weight is 363 g/mol. The van der Waals surface area contributed by atoms with Gasteiger partial charge in [-0.15, -0.1) is 6.42 Å². The number of aryl methyl sites for hydroxylation is 1. The zero-order valence-electron chi connectivity index (χ0n) is 12.2. The molecule has 0 fully saturated rings. The quantitative estimate of drug-likeness (QED) is 0.654. The molecule has 6 nitrogen and oxygen atoms in total. The summed E-state index contributed by atoms with van der Waals surface area (Å²) in [5.41, 5.74) is 7.34. The van der Waals surface area contributed by atoms with Gasteiger partial charge in [-0.1, -0.05) is 5.92 Å². The van der Waals surface area contributed by atoms with Gasteiger partial charge in [0.15, 0.2) is 11.5 Å². The number of halogens is 1. The largest absolute Gasteiger partial charge is 0.493 e. The van der Waals surface area contributed by atoms with E-state index in [1.165, 1.54) is 4.68 Å². The second-order valence-corrected chi connectivity index (χ2v) is 5.20. The Bertz CT molecular complexity index is 747. The van der Waals surface area contributed by atoms with Crippen molar-refractivity contribution in [3.8, 4) is 23.8 Å². The van der Waals surface area contributed by atoms with Gasteiger partial charge in [0.2, 0.25) is 5.95 Å². The van der Waals surface area contributed by atoms with Crippen LogP contribution < -0.4 is 15.2 Å². The Labute approximate surface area is 137 Å². The topological polar surface area (TPSA) is 74.7 Å². The maximum atomic E-state index is 5.74. The van der Waals surface area contributed by atoms with Gasteiger partial charge in [0.1, 0.15) is 6.61 Å². The number of terminal acetylenes is 1. The zero-order chi connectivity index (χ0) is 16.1. The van der Waals surface area contributed by atoms with Crippen molar-refractivity contribution in [3.63, 3.8) is 0 Å². The first-order valence-corrected chi connectivity index (χ1v) is 7.14. The minimum Gasteiger partial charge on any atom is -0.493 e. The molecular weight excluding hydrogens is 348 g/mol. The third-order valence-corrected chi connectivity index (χ3v) is 3.44. The average Bonchev–Trinajstić information content (AvgIpc) is 2.81. The van der Waals surface area contributed by atoms with Crippen LogP contribution in [0.25, 0.3) is 0 Å². The number of imidazole rings is 1. The molecule has 0 aliphatic heterocycles. The molecule has 0 amide bonds. The minimum absolute atomic E-state index is 0.168. The van der Waals surface area contributed by atoms with E-state index in [4.69, 9.17) is 21.6 Å². The summed E-state index contributed by atoms with van der Waals surface area (Å²) in [5, 5.41) is 4.27. The number of hydrogen-bond donors (Lipinski definition) is 1. The third kappa shape index (κ3) is 3.59. The molecule has 0 aliphatic carbocycles. The number of rotatable bonds is 5. The van der Waals surface area contributed by atoms with Gasteiger partial charge in [0, 0.05) is 10.0 Å². The van der Waals surface area contributed by atoms with E-state index >= 15 is 0 Å². The summed E-state index contributed by atoms with van der Waals surface area (Å²) in [6, 6.07) is 3.57. The van der Waals surface area contributed by atoms with Gasteiger partial charge in [-0.3, -0.25) is 0 Å². The van der Waals surface area contributed by atoms with Crippen molar-refractivity contribution in [3.05, 3.63) is 34.1 Å². The Morgan fingerprint density at radius 3 is 2.86 bits per heavy atom. The number of nitrogens with zero attached hydrogens (tertiary/aromatic N) is 3. The maximum Gasteiger partial charge on any atom is 0.221 e. The van der Waals surface area contributed by atoms with E-state index in [0.29, 0.717) is 17.4 Å². The fourth-order valence-electron chi connectivity index (χ4n) is 1.76. The molecule has 0 saturated carbocycles. The lowest BCUT2D eigenvalue weighted by Crippen LogP contribution is -2.00. The Balaban J connectivity index is 2.31. The van der Waals surface area contributed by atoms with Crippen molar-refractivity contribution < 1.29 is 9.47 Å². The molecule has 0 unspecified atom stereocenters. The molecule has 2 aromatic rings. The SMILES string of the molecule is C#CCOc1cc(Br)c(C=Nn2cc(C)nc2N)cc1OC. The monoisotopic (exact) mass is 362 g/mol. The fourth-order valence-corrected chi connectivity index (χ4v) is 2.19. The van der Waals surface area contributed by atoms with E-state index in [1.54, 1.807) is 31.7 Å². The van der Waals surface area contributed by atoms with E-state index in [1.807, 2.05) is 6.92 Å². The van der Waals surface area contributed by atoms with Gasteiger partial charge >= 0.3 is 0 Å². The molecule has 0 bridgehead atoms. The van der Waals surface area contributed by atoms with E-state index in [9.17, 15) is 0 Å². The Kier molecular flexibility index (Phi) is 5.07. The number of nitrogens with two attached hydrogens (primary N) is 1. The number of ether oxygens (including phenoxy) is 2. The first-order chi connectivity index (χ1) is 10.5. The summed E-state index contributed by atoms with van der Waals surface area (Å²) < 4.78 is 13.0. The summed E-state index contributed by atoms with van der Waals surface area (Å²) in [6.07, 6.45) is 8.58. The van der Waals surface area contributed by atoms with Gasteiger partial charge in [-0.2, -0.15) is 5.10 Å². The molecule has 0 atom stereocenters. The highest BCUT2D eigenvalue weighted by molar-refractivity contribution is 9.10. The molecule has 2 N–H and O–H groups in total. The number of hydrogen-bond acceptors (Lipinski definition) is 5. The number of benzene rings is 1. The molecule has 0 saturated heterocycles. The molecule has 0 spiro atoms. The van der Waals surface area contributed by atoms with Crippen molar-refractivity contribution in [1.29, 1.82) is 0 Å². The Morgan fingerprint density at radius 2 is 2.27 bits per heavy atom. The lowest BCUT2D eigenvalue weighted by molar-refractivity contribution is 0.330. The number of methoxy groups -OCH3 is 1. The van der Waals surface area contributed by atoms with Crippen LogP contribution in [0.15, 0.2) is 27.9 Å². The van der Waals surface area contributed by atoms with Crippen LogP contribution >= 0.6 is 15.9 Å². The molecule has 7 heteroatoms. The number of nitrogen functional groups attached to an aromatic ring is 1. The van der Waals surface area contributed by atoms with Crippen LogP contribution in [0.2, 0.25) is 0 Å². The molecule has 114 valence electrons. The zero-order valence-corrected chi connectivity index (χ0v) is 13.8. The second kappa shape index (κ2) is 7.00. The van der Waals surface area contributed by atoms with E-state index in [-0.39, 0.29) is 6.61 Å². The highest BCUT2D eigenvalue weighted by atomic mass is 79.9. The van der Waals surface area contributed by atoms with Crippen LogP contribution in [0, 0.1) is 19.3 Å². The smallest absolute Gasteiger partial charge is 0.221 e. The van der Waals surface area contributed by atoms with Gasteiger partial charge in [0.25, 0.3) is 0 Å². The van der Waals surface area contributed by atoms with Crippen molar-refractivity contribution in [2.75, 3.05) is 19.5 Å². The van der Waals surface area contributed by atoms with Crippen LogP contribution in [0.1, 0.15) is 11.3 Å². The summed E-state index contributed by atoms with van der Waals surface area (Å²) >= 11 is 3.47. The predicted octanol–water partition coefficient (Wildman–Crippen LogP) is 2.44. The summed E-state index contributed by atoms with van der Waals surface area (Å²) in [4.78, 5) is 4.08. The number of aromatic nitrogens is 2.